The zero-order valence-corrected chi connectivity index (χ0v) is 15.0. The van der Waals surface area contributed by atoms with Gasteiger partial charge in [0.15, 0.2) is 0 Å². The van der Waals surface area contributed by atoms with Crippen LogP contribution in [0.25, 0.3) is 43.8 Å². The summed E-state index contributed by atoms with van der Waals surface area (Å²) < 4.78 is 6.19. The molecule has 0 radical (unpaired) electrons. The summed E-state index contributed by atoms with van der Waals surface area (Å²) in [5.74, 6) is 0.448. The molecule has 1 nitrogen and oxygen atoms in total. The van der Waals surface area contributed by atoms with Gasteiger partial charge in [-0.3, -0.25) is 0 Å². The molecule has 5 aromatic rings. The summed E-state index contributed by atoms with van der Waals surface area (Å²) in [6.45, 7) is 4.48. The van der Waals surface area contributed by atoms with E-state index in [0.717, 1.165) is 11.2 Å². The lowest BCUT2D eigenvalue weighted by Crippen LogP contribution is -1.88. The van der Waals surface area contributed by atoms with Crippen LogP contribution >= 0.6 is 0 Å². The van der Waals surface area contributed by atoms with E-state index in [1.54, 1.807) is 0 Å². The second-order valence-corrected chi connectivity index (χ2v) is 7.22. The maximum Gasteiger partial charge on any atom is 0.136 e. The van der Waals surface area contributed by atoms with E-state index in [2.05, 4.69) is 92.7 Å². The Hall–Kier alpha value is -3.06. The minimum Gasteiger partial charge on any atom is -0.456 e. The lowest BCUT2D eigenvalue weighted by atomic mass is 9.92. The van der Waals surface area contributed by atoms with Crippen molar-refractivity contribution in [1.29, 1.82) is 0 Å². The second-order valence-electron chi connectivity index (χ2n) is 7.22. The largest absolute Gasteiger partial charge is 0.456 e. The number of rotatable bonds is 2. The molecule has 26 heavy (non-hydrogen) atoms. The molecule has 1 aromatic heterocycles. The zero-order valence-electron chi connectivity index (χ0n) is 15.0. The molecule has 0 bridgehead atoms. The first-order valence-corrected chi connectivity index (χ1v) is 9.16. The lowest BCUT2D eigenvalue weighted by molar-refractivity contribution is 0.668. The normalized spacial score (nSPS) is 11.8. The van der Waals surface area contributed by atoms with Crippen molar-refractivity contribution in [3.05, 3.63) is 84.4 Å². The fraction of sp³-hybridized carbons (Fsp3) is 0.120. The maximum absolute atomic E-state index is 6.19. The highest BCUT2D eigenvalue weighted by Gasteiger charge is 2.16. The molecule has 0 N–H and O–H groups in total. The number of hydrogen-bond acceptors (Lipinski definition) is 1. The van der Waals surface area contributed by atoms with Gasteiger partial charge in [0.05, 0.1) is 0 Å². The van der Waals surface area contributed by atoms with Crippen LogP contribution in [0.3, 0.4) is 0 Å². The predicted octanol–water partition coefficient (Wildman–Crippen LogP) is 7.53. The molecule has 0 saturated carbocycles. The third kappa shape index (κ3) is 2.24. The average Bonchev–Trinajstić information content (AvgIpc) is 3.06. The number of fused-ring (bicyclic) bond motifs is 4. The topological polar surface area (TPSA) is 13.1 Å². The van der Waals surface area contributed by atoms with Crippen molar-refractivity contribution >= 4 is 32.7 Å². The third-order valence-electron chi connectivity index (χ3n) is 5.24. The standard InChI is InChI=1S/C25H20O/c1-16(2)20-9-5-11-22-24(20)25-21(10-6-12-23(25)26-22)19-14-13-17-7-3-4-8-18(17)15-19/h3-16H,1-2H3. The molecule has 0 fully saturated rings. The van der Waals surface area contributed by atoms with Gasteiger partial charge >= 0.3 is 0 Å². The molecular formula is C25H20O. The van der Waals surface area contributed by atoms with E-state index in [1.165, 1.54) is 38.2 Å². The Labute approximate surface area is 152 Å². The van der Waals surface area contributed by atoms with Crippen molar-refractivity contribution in [3.63, 3.8) is 0 Å². The van der Waals surface area contributed by atoms with Crippen molar-refractivity contribution in [2.45, 2.75) is 19.8 Å². The van der Waals surface area contributed by atoms with Crippen molar-refractivity contribution in [2.75, 3.05) is 0 Å². The van der Waals surface area contributed by atoms with Crippen LogP contribution in [-0.4, -0.2) is 0 Å². The molecule has 5 rings (SSSR count). The van der Waals surface area contributed by atoms with Gasteiger partial charge in [-0.1, -0.05) is 74.5 Å². The summed E-state index contributed by atoms with van der Waals surface area (Å²) in [5, 5.41) is 5.01. The maximum atomic E-state index is 6.19. The molecule has 0 aliphatic rings. The van der Waals surface area contributed by atoms with Gasteiger partial charge in [0.25, 0.3) is 0 Å². The minimum absolute atomic E-state index is 0.448. The van der Waals surface area contributed by atoms with Gasteiger partial charge in [0.1, 0.15) is 11.2 Å². The summed E-state index contributed by atoms with van der Waals surface area (Å²) in [7, 11) is 0. The Bertz CT molecular complexity index is 1260. The molecule has 0 spiro atoms. The van der Waals surface area contributed by atoms with Gasteiger partial charge in [0, 0.05) is 10.8 Å². The summed E-state index contributed by atoms with van der Waals surface area (Å²) in [6.07, 6.45) is 0. The summed E-state index contributed by atoms with van der Waals surface area (Å²) in [6, 6.07) is 28.0. The van der Waals surface area contributed by atoms with E-state index in [-0.39, 0.29) is 0 Å². The van der Waals surface area contributed by atoms with Gasteiger partial charge in [-0.05, 0) is 51.6 Å². The highest BCUT2D eigenvalue weighted by Crippen LogP contribution is 2.40. The molecule has 0 amide bonds. The number of hydrogen-bond donors (Lipinski definition) is 0. The van der Waals surface area contributed by atoms with Crippen LogP contribution in [-0.2, 0) is 0 Å². The average molecular weight is 336 g/mol. The summed E-state index contributed by atoms with van der Waals surface area (Å²) >= 11 is 0. The predicted molar refractivity (Wildman–Crippen MR) is 111 cm³/mol. The molecule has 0 saturated heterocycles. The third-order valence-corrected chi connectivity index (χ3v) is 5.24. The number of benzene rings is 4. The lowest BCUT2D eigenvalue weighted by Gasteiger charge is -2.09. The van der Waals surface area contributed by atoms with E-state index < -0.39 is 0 Å². The first kappa shape index (κ1) is 15.2. The Morgan fingerprint density at radius 2 is 1.38 bits per heavy atom. The molecular weight excluding hydrogens is 316 g/mol. The molecule has 4 aromatic carbocycles. The molecule has 1 heterocycles. The van der Waals surface area contributed by atoms with E-state index >= 15 is 0 Å². The van der Waals surface area contributed by atoms with E-state index in [4.69, 9.17) is 4.42 Å². The summed E-state index contributed by atoms with van der Waals surface area (Å²) in [5.41, 5.74) is 5.74. The Kier molecular flexibility index (Phi) is 3.36. The minimum atomic E-state index is 0.448. The van der Waals surface area contributed by atoms with Gasteiger partial charge in [-0.25, -0.2) is 0 Å². The number of furan rings is 1. The van der Waals surface area contributed by atoms with Crippen LogP contribution in [0, 0.1) is 0 Å². The first-order chi connectivity index (χ1) is 12.7. The van der Waals surface area contributed by atoms with Crippen LogP contribution < -0.4 is 0 Å². The molecule has 0 aliphatic heterocycles. The highest BCUT2D eigenvalue weighted by molar-refractivity contribution is 6.14. The smallest absolute Gasteiger partial charge is 0.136 e. The second kappa shape index (κ2) is 5.74. The van der Waals surface area contributed by atoms with E-state index in [9.17, 15) is 0 Å². The van der Waals surface area contributed by atoms with Crippen molar-refractivity contribution in [3.8, 4) is 11.1 Å². The fourth-order valence-electron chi connectivity index (χ4n) is 3.97. The van der Waals surface area contributed by atoms with Crippen molar-refractivity contribution in [1.82, 2.24) is 0 Å². The summed E-state index contributed by atoms with van der Waals surface area (Å²) in [4.78, 5) is 0. The van der Waals surface area contributed by atoms with Crippen molar-refractivity contribution < 1.29 is 4.42 Å². The first-order valence-electron chi connectivity index (χ1n) is 9.16. The molecule has 0 unspecified atom stereocenters. The quantitative estimate of drug-likeness (QED) is 0.325. The molecule has 126 valence electrons. The van der Waals surface area contributed by atoms with Gasteiger partial charge in [-0.15, -0.1) is 0 Å². The molecule has 0 aliphatic carbocycles. The van der Waals surface area contributed by atoms with Gasteiger partial charge in [-0.2, -0.15) is 0 Å². The zero-order chi connectivity index (χ0) is 17.7. The molecule has 1 heteroatoms. The molecule has 0 atom stereocenters. The SMILES string of the molecule is CC(C)c1cccc2oc3cccc(-c4ccc5ccccc5c4)c3c12. The van der Waals surface area contributed by atoms with Crippen molar-refractivity contribution in [2.24, 2.45) is 0 Å². The highest BCUT2D eigenvalue weighted by atomic mass is 16.3. The van der Waals surface area contributed by atoms with E-state index in [1.807, 2.05) is 0 Å². The van der Waals surface area contributed by atoms with Gasteiger partial charge in [0.2, 0.25) is 0 Å². The van der Waals surface area contributed by atoms with Crippen LogP contribution in [0.15, 0.2) is 83.3 Å². The Morgan fingerprint density at radius 1 is 0.654 bits per heavy atom. The van der Waals surface area contributed by atoms with Crippen LogP contribution in [0.5, 0.6) is 0 Å². The van der Waals surface area contributed by atoms with E-state index in [0.29, 0.717) is 5.92 Å². The van der Waals surface area contributed by atoms with Crippen LogP contribution in [0.1, 0.15) is 25.3 Å². The Morgan fingerprint density at radius 3 is 2.19 bits per heavy atom. The van der Waals surface area contributed by atoms with Gasteiger partial charge < -0.3 is 4.42 Å². The monoisotopic (exact) mass is 336 g/mol. The fourth-order valence-corrected chi connectivity index (χ4v) is 3.97. The van der Waals surface area contributed by atoms with Crippen LogP contribution in [0.4, 0.5) is 0 Å². The Balaban J connectivity index is 1.88. The van der Waals surface area contributed by atoms with Crippen LogP contribution in [0.2, 0.25) is 0 Å².